The molecule has 126 valence electrons. The summed E-state index contributed by atoms with van der Waals surface area (Å²) >= 11 is 0. The molecule has 1 aliphatic carbocycles. The molecule has 1 heterocycles. The smallest absolute Gasteiger partial charge is 0.331 e. The molecule has 1 aliphatic rings. The minimum absolute atomic E-state index is 0.0718. The second-order valence-corrected chi connectivity index (χ2v) is 6.25. The minimum Gasteiger partial charge on any atom is -0.479 e. The second kappa shape index (κ2) is 6.80. The Kier molecular flexibility index (Phi) is 5.02. The van der Waals surface area contributed by atoms with E-state index in [2.05, 4.69) is 15.7 Å². The number of hydrogen-bond donors (Lipinski definition) is 3. The van der Waals surface area contributed by atoms with Gasteiger partial charge in [0.05, 0.1) is 11.9 Å². The van der Waals surface area contributed by atoms with Gasteiger partial charge < -0.3 is 15.7 Å². The first-order chi connectivity index (χ1) is 10.8. The lowest BCUT2D eigenvalue weighted by molar-refractivity contribution is -0.146. The van der Waals surface area contributed by atoms with Gasteiger partial charge in [-0.05, 0) is 33.1 Å². The molecular formula is C15H22N4O4. The van der Waals surface area contributed by atoms with Crippen LogP contribution < -0.4 is 10.6 Å². The lowest BCUT2D eigenvalue weighted by Crippen LogP contribution is -2.35. The van der Waals surface area contributed by atoms with Crippen LogP contribution >= 0.6 is 0 Å². The monoisotopic (exact) mass is 322 g/mol. The minimum atomic E-state index is -1.18. The molecule has 0 unspecified atom stereocenters. The Morgan fingerprint density at radius 1 is 1.39 bits per heavy atom. The van der Waals surface area contributed by atoms with Gasteiger partial charge in [-0.3, -0.25) is 14.3 Å². The molecule has 0 bridgehead atoms. The zero-order valence-electron chi connectivity index (χ0n) is 13.3. The third-order valence-electron chi connectivity index (χ3n) is 3.79. The van der Waals surface area contributed by atoms with Gasteiger partial charge in [-0.15, -0.1) is 0 Å². The van der Waals surface area contributed by atoms with E-state index in [1.807, 2.05) is 0 Å². The van der Waals surface area contributed by atoms with Crippen LogP contribution in [0.15, 0.2) is 12.4 Å². The number of nitrogens with one attached hydrogen (secondary N) is 2. The van der Waals surface area contributed by atoms with Crippen LogP contribution in [0.25, 0.3) is 0 Å². The Balaban J connectivity index is 1.73. The van der Waals surface area contributed by atoms with E-state index in [-0.39, 0.29) is 24.2 Å². The topological polar surface area (TPSA) is 113 Å². The van der Waals surface area contributed by atoms with Gasteiger partial charge in [0.2, 0.25) is 11.8 Å². The molecule has 0 aromatic carbocycles. The van der Waals surface area contributed by atoms with Crippen molar-refractivity contribution in [3.63, 3.8) is 0 Å². The largest absolute Gasteiger partial charge is 0.479 e. The first kappa shape index (κ1) is 17.0. The van der Waals surface area contributed by atoms with E-state index in [1.54, 1.807) is 0 Å². The lowest BCUT2D eigenvalue weighted by atomic mass is 10.1. The summed E-state index contributed by atoms with van der Waals surface area (Å²) in [6.45, 7) is 3.53. The van der Waals surface area contributed by atoms with Crippen molar-refractivity contribution < 1.29 is 19.5 Å². The Hall–Kier alpha value is -2.38. The molecule has 0 atom stereocenters. The predicted octanol–water partition coefficient (Wildman–Crippen LogP) is 0.948. The zero-order chi connectivity index (χ0) is 17.0. The number of aliphatic carboxylic acids is 1. The van der Waals surface area contributed by atoms with Gasteiger partial charge in [0.15, 0.2) is 5.54 Å². The number of carboxylic acid groups (broad SMARTS) is 1. The fraction of sp³-hybridized carbons (Fsp3) is 0.600. The van der Waals surface area contributed by atoms with Crippen molar-refractivity contribution in [2.75, 3.05) is 11.9 Å². The predicted molar refractivity (Wildman–Crippen MR) is 82.8 cm³/mol. The molecule has 1 saturated carbocycles. The van der Waals surface area contributed by atoms with Crippen molar-refractivity contribution in [2.45, 2.75) is 45.1 Å². The number of carboxylic acids is 1. The van der Waals surface area contributed by atoms with Gasteiger partial charge in [-0.25, -0.2) is 4.79 Å². The number of nitrogens with zero attached hydrogens (tertiary/aromatic N) is 2. The highest BCUT2D eigenvalue weighted by Crippen LogP contribution is 2.28. The molecule has 23 heavy (non-hydrogen) atoms. The summed E-state index contributed by atoms with van der Waals surface area (Å²) in [5.74, 6) is -0.960. The van der Waals surface area contributed by atoms with E-state index in [4.69, 9.17) is 5.11 Å². The number of aromatic nitrogens is 2. The highest BCUT2D eigenvalue weighted by atomic mass is 16.4. The average Bonchev–Trinajstić information content (AvgIpc) is 3.23. The molecular weight excluding hydrogens is 300 g/mol. The zero-order valence-corrected chi connectivity index (χ0v) is 13.3. The number of rotatable bonds is 8. The molecule has 8 heteroatoms. The summed E-state index contributed by atoms with van der Waals surface area (Å²) in [5.41, 5.74) is -0.734. The maximum atomic E-state index is 11.8. The van der Waals surface area contributed by atoms with Crippen molar-refractivity contribution >= 4 is 23.5 Å². The van der Waals surface area contributed by atoms with Gasteiger partial charge >= 0.3 is 5.97 Å². The molecule has 3 N–H and O–H groups in total. The van der Waals surface area contributed by atoms with E-state index in [9.17, 15) is 14.4 Å². The number of carbonyl (C=O) groups excluding carboxylic acids is 2. The van der Waals surface area contributed by atoms with Crippen LogP contribution in [0.1, 0.15) is 39.5 Å². The number of hydrogen-bond acceptors (Lipinski definition) is 4. The van der Waals surface area contributed by atoms with Crippen LogP contribution in [0.3, 0.4) is 0 Å². The fourth-order valence-electron chi connectivity index (χ4n) is 1.96. The van der Waals surface area contributed by atoms with E-state index in [0.717, 1.165) is 12.8 Å². The first-order valence-corrected chi connectivity index (χ1v) is 7.67. The molecule has 8 nitrogen and oxygen atoms in total. The van der Waals surface area contributed by atoms with E-state index < -0.39 is 11.5 Å². The van der Waals surface area contributed by atoms with Crippen LogP contribution in [0.2, 0.25) is 0 Å². The summed E-state index contributed by atoms with van der Waals surface area (Å²) < 4.78 is 1.29. The summed E-state index contributed by atoms with van der Waals surface area (Å²) in [5, 5.41) is 18.6. The number of carbonyl (C=O) groups is 3. The molecule has 1 aromatic rings. The van der Waals surface area contributed by atoms with Gasteiger partial charge in [-0.1, -0.05) is 0 Å². The average molecular weight is 322 g/mol. The Bertz CT molecular complexity index is 604. The Labute approximate surface area is 134 Å². The van der Waals surface area contributed by atoms with Gasteiger partial charge in [0, 0.05) is 25.1 Å². The van der Waals surface area contributed by atoms with Crippen LogP contribution in [-0.4, -0.2) is 39.2 Å². The van der Waals surface area contributed by atoms with E-state index in [0.29, 0.717) is 18.7 Å². The molecule has 2 rings (SSSR count). The van der Waals surface area contributed by atoms with Crippen molar-refractivity contribution in [3.8, 4) is 0 Å². The highest BCUT2D eigenvalue weighted by Gasteiger charge is 2.30. The molecule has 1 aromatic heterocycles. The fourth-order valence-corrected chi connectivity index (χ4v) is 1.96. The summed E-state index contributed by atoms with van der Waals surface area (Å²) in [4.78, 5) is 34.4. The third-order valence-corrected chi connectivity index (χ3v) is 3.79. The summed E-state index contributed by atoms with van der Waals surface area (Å²) in [6.07, 6.45) is 5.65. The number of amides is 2. The molecule has 0 aliphatic heterocycles. The number of anilines is 1. The second-order valence-electron chi connectivity index (χ2n) is 6.25. The Morgan fingerprint density at radius 3 is 2.70 bits per heavy atom. The molecule has 1 fully saturated rings. The lowest BCUT2D eigenvalue weighted by Gasteiger charge is -2.19. The van der Waals surface area contributed by atoms with Crippen LogP contribution in [0, 0.1) is 5.92 Å². The molecule has 2 amide bonds. The van der Waals surface area contributed by atoms with Gasteiger partial charge in [-0.2, -0.15) is 5.10 Å². The van der Waals surface area contributed by atoms with E-state index in [1.165, 1.54) is 30.9 Å². The van der Waals surface area contributed by atoms with Crippen LogP contribution in [0.4, 0.5) is 5.69 Å². The standard InChI is InChI=1S/C15H22N4O4/c1-15(2,14(22)23)19-9-11(8-17-19)18-12(20)4-3-7-16-13(21)10-5-6-10/h8-10H,3-7H2,1-2H3,(H,16,21)(H,18,20)(H,22,23). The Morgan fingerprint density at radius 2 is 2.09 bits per heavy atom. The third kappa shape index (κ3) is 4.54. The summed E-state index contributed by atoms with van der Waals surface area (Å²) in [7, 11) is 0. The van der Waals surface area contributed by atoms with Crippen molar-refractivity contribution in [1.82, 2.24) is 15.1 Å². The van der Waals surface area contributed by atoms with Crippen molar-refractivity contribution in [3.05, 3.63) is 12.4 Å². The summed E-state index contributed by atoms with van der Waals surface area (Å²) in [6, 6.07) is 0. The molecule has 0 radical (unpaired) electrons. The maximum absolute atomic E-state index is 11.8. The van der Waals surface area contributed by atoms with Crippen molar-refractivity contribution in [1.29, 1.82) is 0 Å². The molecule has 0 saturated heterocycles. The molecule has 0 spiro atoms. The van der Waals surface area contributed by atoms with Crippen LogP contribution in [0.5, 0.6) is 0 Å². The van der Waals surface area contributed by atoms with Gasteiger partial charge in [0.1, 0.15) is 0 Å². The van der Waals surface area contributed by atoms with E-state index >= 15 is 0 Å². The SMILES string of the molecule is CC(C)(C(=O)O)n1cc(NC(=O)CCCNC(=O)C2CC2)cn1. The maximum Gasteiger partial charge on any atom is 0.331 e. The highest BCUT2D eigenvalue weighted by molar-refractivity contribution is 5.90. The quantitative estimate of drug-likeness (QED) is 0.617. The van der Waals surface area contributed by atoms with Crippen LogP contribution in [-0.2, 0) is 19.9 Å². The normalized spacial score (nSPS) is 14.3. The van der Waals surface area contributed by atoms with Crippen molar-refractivity contribution in [2.24, 2.45) is 5.92 Å². The first-order valence-electron chi connectivity index (χ1n) is 7.67. The van der Waals surface area contributed by atoms with Gasteiger partial charge in [0.25, 0.3) is 0 Å².